The van der Waals surface area contributed by atoms with E-state index in [4.69, 9.17) is 9.47 Å². The third-order valence-corrected chi connectivity index (χ3v) is 3.65. The molecule has 0 saturated heterocycles. The van der Waals surface area contributed by atoms with Crippen LogP contribution < -0.4 is 20.2 Å². The highest BCUT2D eigenvalue weighted by atomic mass is 19.1. The van der Waals surface area contributed by atoms with Crippen LogP contribution in [0.5, 0.6) is 11.5 Å². The molecule has 2 aromatic rings. The number of rotatable bonds is 8. The van der Waals surface area contributed by atoms with Gasteiger partial charge in [-0.05, 0) is 36.2 Å². The maximum atomic E-state index is 13.7. The molecule has 0 bridgehead atoms. The summed E-state index contributed by atoms with van der Waals surface area (Å²) in [7, 11) is 1.48. The summed E-state index contributed by atoms with van der Waals surface area (Å²) < 4.78 is 24.6. The minimum absolute atomic E-state index is 0.0550. The quantitative estimate of drug-likeness (QED) is 0.414. The first-order valence-corrected chi connectivity index (χ1v) is 8.70. The van der Waals surface area contributed by atoms with Crippen molar-refractivity contribution >= 4 is 18.0 Å². The Labute approximate surface area is 162 Å². The Bertz CT molecular complexity index is 855. The van der Waals surface area contributed by atoms with Crippen LogP contribution in [0.3, 0.4) is 0 Å². The zero-order valence-electron chi connectivity index (χ0n) is 15.7. The highest BCUT2D eigenvalue weighted by Crippen LogP contribution is 2.28. The zero-order chi connectivity index (χ0) is 20.4. The lowest BCUT2D eigenvalue weighted by atomic mass is 10.2. The van der Waals surface area contributed by atoms with Crippen molar-refractivity contribution in [1.82, 2.24) is 10.7 Å². The number of benzene rings is 2. The molecule has 2 N–H and O–H groups in total. The largest absolute Gasteiger partial charge is 0.493 e. The fourth-order valence-corrected chi connectivity index (χ4v) is 2.19. The molecule has 0 heterocycles. The fourth-order valence-electron chi connectivity index (χ4n) is 2.19. The monoisotopic (exact) mass is 387 g/mol. The molecule has 0 spiro atoms. The smallest absolute Gasteiger partial charge is 0.329 e. The number of methoxy groups -OCH3 is 1. The molecule has 0 aliphatic heterocycles. The van der Waals surface area contributed by atoms with Crippen molar-refractivity contribution in [3.05, 3.63) is 59.4 Å². The lowest BCUT2D eigenvalue weighted by molar-refractivity contribution is -0.139. The van der Waals surface area contributed by atoms with Crippen molar-refractivity contribution in [2.45, 2.75) is 20.0 Å². The van der Waals surface area contributed by atoms with Crippen molar-refractivity contribution < 1.29 is 23.5 Å². The average Bonchev–Trinajstić information content (AvgIpc) is 2.71. The van der Waals surface area contributed by atoms with E-state index in [2.05, 4.69) is 15.8 Å². The molecule has 28 heavy (non-hydrogen) atoms. The molecule has 7 nitrogen and oxygen atoms in total. The summed E-state index contributed by atoms with van der Waals surface area (Å²) in [6, 6.07) is 11.3. The van der Waals surface area contributed by atoms with Crippen molar-refractivity contribution in [3.8, 4) is 11.5 Å². The summed E-state index contributed by atoms with van der Waals surface area (Å²) in [5.74, 6) is -1.07. The van der Waals surface area contributed by atoms with E-state index in [1.807, 2.05) is 6.92 Å². The molecule has 0 radical (unpaired) electrons. The lowest BCUT2D eigenvalue weighted by Crippen LogP contribution is -2.38. The Balaban J connectivity index is 1.97. The number of amides is 2. The number of ether oxygens (including phenoxy) is 2. The molecule has 0 atom stereocenters. The van der Waals surface area contributed by atoms with Crippen LogP contribution >= 0.6 is 0 Å². The summed E-state index contributed by atoms with van der Waals surface area (Å²) in [4.78, 5) is 23.0. The normalized spacial score (nSPS) is 10.5. The van der Waals surface area contributed by atoms with Crippen LogP contribution in [0.4, 0.5) is 4.39 Å². The summed E-state index contributed by atoms with van der Waals surface area (Å²) in [6.07, 6.45) is 2.10. The Kier molecular flexibility index (Phi) is 7.95. The zero-order valence-corrected chi connectivity index (χ0v) is 15.7. The van der Waals surface area contributed by atoms with E-state index in [9.17, 15) is 14.0 Å². The van der Waals surface area contributed by atoms with Gasteiger partial charge in [0.1, 0.15) is 12.4 Å². The van der Waals surface area contributed by atoms with E-state index in [0.29, 0.717) is 29.2 Å². The second kappa shape index (κ2) is 10.7. The topological polar surface area (TPSA) is 89.0 Å². The van der Waals surface area contributed by atoms with Crippen molar-refractivity contribution in [2.24, 2.45) is 5.10 Å². The Morgan fingerprint density at radius 2 is 1.93 bits per heavy atom. The highest BCUT2D eigenvalue weighted by Gasteiger charge is 2.11. The third-order valence-electron chi connectivity index (χ3n) is 3.65. The lowest BCUT2D eigenvalue weighted by Gasteiger charge is -2.11. The fraction of sp³-hybridized carbons (Fsp3) is 0.250. The molecule has 0 aromatic heterocycles. The van der Waals surface area contributed by atoms with Gasteiger partial charge in [0.25, 0.3) is 0 Å². The van der Waals surface area contributed by atoms with Crippen LogP contribution in [-0.4, -0.2) is 31.7 Å². The van der Waals surface area contributed by atoms with E-state index in [1.54, 1.807) is 36.4 Å². The van der Waals surface area contributed by atoms with E-state index in [0.717, 1.165) is 6.42 Å². The van der Waals surface area contributed by atoms with Crippen molar-refractivity contribution in [3.63, 3.8) is 0 Å². The van der Waals surface area contributed by atoms with Gasteiger partial charge in [0.2, 0.25) is 0 Å². The van der Waals surface area contributed by atoms with Gasteiger partial charge < -0.3 is 14.8 Å². The second-order valence-corrected chi connectivity index (χ2v) is 5.75. The summed E-state index contributed by atoms with van der Waals surface area (Å²) in [5, 5.41) is 6.20. The minimum atomic E-state index is -0.846. The molecule has 2 amide bonds. The molecule has 0 aliphatic carbocycles. The van der Waals surface area contributed by atoms with Gasteiger partial charge in [-0.1, -0.05) is 25.1 Å². The third kappa shape index (κ3) is 6.08. The number of carbonyl (C=O) groups excluding carboxylic acids is 2. The number of hydrogen-bond donors (Lipinski definition) is 2. The molecular weight excluding hydrogens is 365 g/mol. The Morgan fingerprint density at radius 3 is 2.64 bits per heavy atom. The number of nitrogens with one attached hydrogen (secondary N) is 2. The number of hydrazone groups is 1. The van der Waals surface area contributed by atoms with Crippen LogP contribution in [0, 0.1) is 5.82 Å². The summed E-state index contributed by atoms with van der Waals surface area (Å²) in [6.45, 7) is 2.36. The van der Waals surface area contributed by atoms with Gasteiger partial charge in [-0.3, -0.25) is 9.59 Å². The molecular formula is C20H22FN3O4. The van der Waals surface area contributed by atoms with Gasteiger partial charge in [0.15, 0.2) is 11.5 Å². The highest BCUT2D eigenvalue weighted by molar-refractivity contribution is 6.35. The molecule has 0 saturated carbocycles. The van der Waals surface area contributed by atoms with Gasteiger partial charge in [0, 0.05) is 12.1 Å². The van der Waals surface area contributed by atoms with Gasteiger partial charge in [0.05, 0.1) is 13.3 Å². The minimum Gasteiger partial charge on any atom is -0.493 e. The predicted octanol–water partition coefficient (Wildman–Crippen LogP) is 2.39. The van der Waals surface area contributed by atoms with Gasteiger partial charge in [-0.25, -0.2) is 9.82 Å². The molecule has 0 aliphatic rings. The number of nitrogens with zero attached hydrogens (tertiary/aromatic N) is 1. The van der Waals surface area contributed by atoms with Crippen LogP contribution in [0.15, 0.2) is 47.6 Å². The van der Waals surface area contributed by atoms with E-state index in [1.165, 1.54) is 19.4 Å². The Hall–Kier alpha value is -3.42. The maximum absolute atomic E-state index is 13.7. The number of carbonyl (C=O) groups is 2. The van der Waals surface area contributed by atoms with Crippen LogP contribution in [-0.2, 0) is 16.2 Å². The first kappa shape index (κ1) is 20.9. The SMILES string of the molecule is CCCNC(=O)C(=O)N/N=C\c1ccc(OCc2ccccc2F)c(OC)c1. The second-order valence-electron chi connectivity index (χ2n) is 5.75. The van der Waals surface area contributed by atoms with Crippen molar-refractivity contribution in [2.75, 3.05) is 13.7 Å². The number of halogens is 1. The molecule has 8 heteroatoms. The first-order chi connectivity index (χ1) is 13.5. The van der Waals surface area contributed by atoms with Crippen molar-refractivity contribution in [1.29, 1.82) is 0 Å². The van der Waals surface area contributed by atoms with Crippen LogP contribution in [0.1, 0.15) is 24.5 Å². The molecule has 0 unspecified atom stereocenters. The van der Waals surface area contributed by atoms with Crippen LogP contribution in [0.25, 0.3) is 0 Å². The van der Waals surface area contributed by atoms with Gasteiger partial charge >= 0.3 is 11.8 Å². The standard InChI is InChI=1S/C20H22FN3O4/c1-3-10-22-19(25)20(26)24-23-12-14-8-9-17(18(11-14)27-2)28-13-15-6-4-5-7-16(15)21/h4-9,11-12H,3,10,13H2,1-2H3,(H,22,25)(H,24,26)/b23-12-. The van der Waals surface area contributed by atoms with Gasteiger partial charge in [-0.2, -0.15) is 5.10 Å². The summed E-state index contributed by atoms with van der Waals surface area (Å²) in [5.41, 5.74) is 3.19. The van der Waals surface area contributed by atoms with E-state index in [-0.39, 0.29) is 12.4 Å². The number of hydrogen-bond acceptors (Lipinski definition) is 5. The molecule has 2 aromatic carbocycles. The first-order valence-electron chi connectivity index (χ1n) is 8.70. The molecule has 148 valence electrons. The summed E-state index contributed by atoms with van der Waals surface area (Å²) >= 11 is 0. The average molecular weight is 387 g/mol. The van der Waals surface area contributed by atoms with Crippen LogP contribution in [0.2, 0.25) is 0 Å². The molecule has 2 rings (SSSR count). The maximum Gasteiger partial charge on any atom is 0.329 e. The predicted molar refractivity (Wildman–Crippen MR) is 103 cm³/mol. The Morgan fingerprint density at radius 1 is 1.14 bits per heavy atom. The van der Waals surface area contributed by atoms with E-state index >= 15 is 0 Å². The van der Waals surface area contributed by atoms with E-state index < -0.39 is 11.8 Å². The van der Waals surface area contributed by atoms with Gasteiger partial charge in [-0.15, -0.1) is 0 Å². The molecule has 0 fully saturated rings.